The molecular weight excluding hydrogens is 697 g/mol. The lowest BCUT2D eigenvalue weighted by molar-refractivity contribution is -0.167. The fourth-order valence-corrected chi connectivity index (χ4v) is 7.43. The summed E-state index contributed by atoms with van der Waals surface area (Å²) < 4.78 is 16.8. The van der Waals surface area contributed by atoms with Gasteiger partial charge in [-0.05, 0) is 31.1 Å². The van der Waals surface area contributed by atoms with E-state index in [0.717, 1.165) is 69.6 Å². The maximum atomic E-state index is 12.7. The summed E-state index contributed by atoms with van der Waals surface area (Å²) >= 11 is 0. The summed E-state index contributed by atoms with van der Waals surface area (Å²) in [5.74, 6) is 0.782. The molecule has 6 nitrogen and oxygen atoms in total. The SMILES string of the molecule is CCCCCCCCCCCCCCCCC(=O)OC[C@@H](COC(=O)CCCCCCCCCCCCCC(C)C)OC(=O)CCCCCCCCC(C)CC. The van der Waals surface area contributed by atoms with Crippen molar-refractivity contribution in [3.8, 4) is 0 Å². The number of ether oxygens (including phenoxy) is 3. The van der Waals surface area contributed by atoms with Gasteiger partial charge in [0.05, 0.1) is 0 Å². The van der Waals surface area contributed by atoms with Crippen molar-refractivity contribution >= 4 is 17.9 Å². The molecule has 1 unspecified atom stereocenters. The summed E-state index contributed by atoms with van der Waals surface area (Å²) in [6.07, 6.45) is 42.3. The third-order valence-electron chi connectivity index (χ3n) is 11.6. The van der Waals surface area contributed by atoms with E-state index in [0.29, 0.717) is 19.3 Å². The molecule has 0 aliphatic heterocycles. The lowest BCUT2D eigenvalue weighted by Gasteiger charge is -2.18. The molecule has 0 amide bonds. The average Bonchev–Trinajstić information content (AvgIpc) is 3.18. The Bertz CT molecular complexity index is 856. The summed E-state index contributed by atoms with van der Waals surface area (Å²) in [7, 11) is 0. The zero-order chi connectivity index (χ0) is 41.2. The maximum absolute atomic E-state index is 12.7. The van der Waals surface area contributed by atoms with Crippen LogP contribution in [0.15, 0.2) is 0 Å². The highest BCUT2D eigenvalue weighted by atomic mass is 16.6. The largest absolute Gasteiger partial charge is 0.462 e. The summed E-state index contributed by atoms with van der Waals surface area (Å²) in [6.45, 7) is 11.3. The monoisotopic (exact) mass is 793 g/mol. The van der Waals surface area contributed by atoms with Gasteiger partial charge in [-0.25, -0.2) is 0 Å². The normalized spacial score (nSPS) is 12.5. The molecule has 0 radical (unpaired) electrons. The van der Waals surface area contributed by atoms with Crippen molar-refractivity contribution in [3.05, 3.63) is 0 Å². The first kappa shape index (κ1) is 54.4. The predicted octanol–water partition coefficient (Wildman–Crippen LogP) is 15.8. The van der Waals surface area contributed by atoms with Crippen LogP contribution in [0, 0.1) is 11.8 Å². The predicted molar refractivity (Wildman–Crippen MR) is 238 cm³/mol. The van der Waals surface area contributed by atoms with Gasteiger partial charge in [-0.1, -0.05) is 234 Å². The van der Waals surface area contributed by atoms with Gasteiger partial charge in [0.25, 0.3) is 0 Å². The van der Waals surface area contributed by atoms with Gasteiger partial charge in [0.15, 0.2) is 6.10 Å². The Balaban J connectivity index is 4.30. The summed E-state index contributed by atoms with van der Waals surface area (Å²) in [4.78, 5) is 37.8. The van der Waals surface area contributed by atoms with Crippen molar-refractivity contribution < 1.29 is 28.6 Å². The second kappa shape index (κ2) is 43.0. The highest BCUT2D eigenvalue weighted by molar-refractivity contribution is 5.71. The summed E-state index contributed by atoms with van der Waals surface area (Å²) in [6, 6.07) is 0. The van der Waals surface area contributed by atoms with E-state index >= 15 is 0 Å². The Morgan fingerprint density at radius 2 is 0.679 bits per heavy atom. The zero-order valence-corrected chi connectivity index (χ0v) is 38.3. The van der Waals surface area contributed by atoms with E-state index in [1.54, 1.807) is 0 Å². The van der Waals surface area contributed by atoms with Crippen LogP contribution in [0.3, 0.4) is 0 Å². The molecule has 0 aliphatic rings. The Morgan fingerprint density at radius 3 is 1.02 bits per heavy atom. The summed E-state index contributed by atoms with van der Waals surface area (Å²) in [5, 5.41) is 0. The number of esters is 3. The van der Waals surface area contributed by atoms with Crippen LogP contribution in [0.2, 0.25) is 0 Å². The molecule has 0 aromatic carbocycles. The first-order valence-electron chi connectivity index (χ1n) is 24.8. The summed E-state index contributed by atoms with van der Waals surface area (Å²) in [5.41, 5.74) is 0. The molecule has 0 bridgehead atoms. The molecule has 0 aromatic rings. The van der Waals surface area contributed by atoms with E-state index in [2.05, 4.69) is 34.6 Å². The molecule has 0 saturated carbocycles. The van der Waals surface area contributed by atoms with Crippen LogP contribution in [-0.2, 0) is 28.6 Å². The molecule has 0 aliphatic carbocycles. The van der Waals surface area contributed by atoms with Crippen LogP contribution < -0.4 is 0 Å². The first-order chi connectivity index (χ1) is 27.3. The Morgan fingerprint density at radius 1 is 0.375 bits per heavy atom. The molecule has 0 saturated heterocycles. The maximum Gasteiger partial charge on any atom is 0.306 e. The quantitative estimate of drug-likeness (QED) is 0.0347. The topological polar surface area (TPSA) is 78.9 Å². The molecule has 56 heavy (non-hydrogen) atoms. The Kier molecular flexibility index (Phi) is 41.8. The minimum Gasteiger partial charge on any atom is -0.462 e. The fraction of sp³-hybridized carbons (Fsp3) is 0.940. The molecule has 0 fully saturated rings. The molecule has 332 valence electrons. The van der Waals surface area contributed by atoms with Gasteiger partial charge < -0.3 is 14.2 Å². The van der Waals surface area contributed by atoms with E-state index in [9.17, 15) is 14.4 Å². The molecule has 0 spiro atoms. The Hall–Kier alpha value is -1.59. The molecule has 0 rings (SSSR count). The van der Waals surface area contributed by atoms with Gasteiger partial charge in [0, 0.05) is 19.3 Å². The van der Waals surface area contributed by atoms with E-state index in [4.69, 9.17) is 14.2 Å². The van der Waals surface area contributed by atoms with Gasteiger partial charge in [0.1, 0.15) is 13.2 Å². The van der Waals surface area contributed by atoms with Crippen molar-refractivity contribution in [3.63, 3.8) is 0 Å². The van der Waals surface area contributed by atoms with Crippen LogP contribution in [0.5, 0.6) is 0 Å². The molecule has 0 N–H and O–H groups in total. The van der Waals surface area contributed by atoms with Crippen molar-refractivity contribution in [2.24, 2.45) is 11.8 Å². The van der Waals surface area contributed by atoms with Gasteiger partial charge in [0.2, 0.25) is 0 Å². The molecule has 0 heterocycles. The first-order valence-corrected chi connectivity index (χ1v) is 24.8. The van der Waals surface area contributed by atoms with Gasteiger partial charge in [-0.3, -0.25) is 14.4 Å². The van der Waals surface area contributed by atoms with Crippen LogP contribution in [0.25, 0.3) is 0 Å². The van der Waals surface area contributed by atoms with Crippen LogP contribution in [0.1, 0.15) is 272 Å². The van der Waals surface area contributed by atoms with Gasteiger partial charge in [-0.2, -0.15) is 0 Å². The van der Waals surface area contributed by atoms with Crippen LogP contribution >= 0.6 is 0 Å². The highest BCUT2D eigenvalue weighted by Crippen LogP contribution is 2.17. The standard InChI is InChI=1S/C50H96O6/c1-6-8-9-10-11-12-13-14-15-18-21-24-30-35-40-48(51)54-43-47(56-50(53)42-37-32-27-26-29-34-39-46(5)7-2)44-55-49(52)41-36-31-25-22-19-16-17-20-23-28-33-38-45(3)4/h45-47H,6-44H2,1-5H3/t46?,47-/m0/s1. The third-order valence-corrected chi connectivity index (χ3v) is 11.6. The Labute approximate surface area is 348 Å². The van der Waals surface area contributed by atoms with Crippen molar-refractivity contribution in [1.82, 2.24) is 0 Å². The van der Waals surface area contributed by atoms with E-state index in [1.165, 1.54) is 161 Å². The minimum atomic E-state index is -0.762. The van der Waals surface area contributed by atoms with Crippen molar-refractivity contribution in [1.29, 1.82) is 0 Å². The molecule has 0 aromatic heterocycles. The minimum absolute atomic E-state index is 0.0649. The number of hydrogen-bond acceptors (Lipinski definition) is 6. The average molecular weight is 793 g/mol. The molecular formula is C50H96O6. The van der Waals surface area contributed by atoms with E-state index in [1.807, 2.05) is 0 Å². The van der Waals surface area contributed by atoms with Crippen LogP contribution in [0.4, 0.5) is 0 Å². The molecule has 2 atom stereocenters. The number of carbonyl (C=O) groups is 3. The lowest BCUT2D eigenvalue weighted by atomic mass is 10.00. The number of carbonyl (C=O) groups excluding carboxylic acids is 3. The number of unbranched alkanes of at least 4 members (excludes halogenated alkanes) is 28. The highest BCUT2D eigenvalue weighted by Gasteiger charge is 2.19. The van der Waals surface area contributed by atoms with Gasteiger partial charge in [-0.15, -0.1) is 0 Å². The van der Waals surface area contributed by atoms with Crippen LogP contribution in [-0.4, -0.2) is 37.2 Å². The van der Waals surface area contributed by atoms with Crippen molar-refractivity contribution in [2.45, 2.75) is 278 Å². The second-order valence-corrected chi connectivity index (χ2v) is 17.8. The van der Waals surface area contributed by atoms with Gasteiger partial charge >= 0.3 is 17.9 Å². The fourth-order valence-electron chi connectivity index (χ4n) is 7.43. The molecule has 6 heteroatoms. The lowest BCUT2D eigenvalue weighted by Crippen LogP contribution is -2.30. The zero-order valence-electron chi connectivity index (χ0n) is 38.3. The third kappa shape index (κ3) is 42.0. The second-order valence-electron chi connectivity index (χ2n) is 17.8. The smallest absolute Gasteiger partial charge is 0.306 e. The number of hydrogen-bond donors (Lipinski definition) is 0. The van der Waals surface area contributed by atoms with E-state index in [-0.39, 0.29) is 31.1 Å². The van der Waals surface area contributed by atoms with Crippen molar-refractivity contribution in [2.75, 3.05) is 13.2 Å². The number of rotatable bonds is 44. The van der Waals surface area contributed by atoms with E-state index < -0.39 is 6.10 Å².